The molecule has 2 heterocycles. The number of imidazole rings is 1. The van der Waals surface area contributed by atoms with Crippen molar-refractivity contribution in [3.8, 4) is 0 Å². The fourth-order valence-corrected chi connectivity index (χ4v) is 6.37. The van der Waals surface area contributed by atoms with Crippen molar-refractivity contribution in [3.63, 3.8) is 0 Å². The van der Waals surface area contributed by atoms with E-state index >= 15 is 0 Å². The number of likely N-dealkylation sites (N-methyl/N-ethyl adjacent to an activating group) is 1. The Morgan fingerprint density at radius 1 is 0.921 bits per heavy atom. The molecular formula is C33H32N3O2+. The Bertz CT molecular complexity index is 1810. The predicted molar refractivity (Wildman–Crippen MR) is 155 cm³/mol. The highest BCUT2D eigenvalue weighted by Crippen LogP contribution is 2.53. The van der Waals surface area contributed by atoms with Gasteiger partial charge < -0.3 is 10.0 Å². The summed E-state index contributed by atoms with van der Waals surface area (Å²) < 4.78 is 4.23. The number of hydrogen-bond acceptors (Lipinski definition) is 2. The Morgan fingerprint density at radius 2 is 1.53 bits per heavy atom. The molecule has 0 aliphatic carbocycles. The monoisotopic (exact) mass is 502 g/mol. The van der Waals surface area contributed by atoms with Gasteiger partial charge in [0.1, 0.15) is 6.54 Å². The van der Waals surface area contributed by atoms with Crippen molar-refractivity contribution in [1.82, 2.24) is 4.57 Å². The second-order valence-electron chi connectivity index (χ2n) is 10.6. The van der Waals surface area contributed by atoms with Gasteiger partial charge in [0.05, 0.1) is 19.2 Å². The van der Waals surface area contributed by atoms with E-state index in [4.69, 9.17) is 0 Å². The van der Waals surface area contributed by atoms with Crippen LogP contribution in [-0.2, 0) is 23.8 Å². The van der Waals surface area contributed by atoms with Gasteiger partial charge in [0.2, 0.25) is 0 Å². The average molecular weight is 503 g/mol. The largest absolute Gasteiger partial charge is 0.481 e. The maximum Gasteiger partial charge on any atom is 0.307 e. The zero-order valence-corrected chi connectivity index (χ0v) is 22.3. The third kappa shape index (κ3) is 3.53. The van der Waals surface area contributed by atoms with Crippen molar-refractivity contribution >= 4 is 50.3 Å². The molecule has 0 spiro atoms. The number of hydrogen-bond donors (Lipinski definition) is 1. The van der Waals surface area contributed by atoms with E-state index in [1.165, 1.54) is 38.5 Å². The van der Waals surface area contributed by atoms with E-state index in [9.17, 15) is 9.90 Å². The SMILES string of the molecule is CN1C(=CC=Cc2n(CCC(=O)O)c3ccccc3[n+]2C)C(C)(C)c2c1c1ccccc1c1ccccc21. The summed E-state index contributed by atoms with van der Waals surface area (Å²) in [5.41, 5.74) is 5.76. The maximum atomic E-state index is 11.4. The van der Waals surface area contributed by atoms with Crippen molar-refractivity contribution < 1.29 is 14.5 Å². The molecule has 1 aromatic heterocycles. The van der Waals surface area contributed by atoms with Crippen LogP contribution in [0.4, 0.5) is 5.69 Å². The Kier molecular flexibility index (Phi) is 5.60. The van der Waals surface area contributed by atoms with Gasteiger partial charge >= 0.3 is 5.97 Å². The molecule has 1 aliphatic heterocycles. The number of allylic oxidation sites excluding steroid dienone is 3. The van der Waals surface area contributed by atoms with Crippen molar-refractivity contribution in [2.75, 3.05) is 11.9 Å². The van der Waals surface area contributed by atoms with Gasteiger partial charge in [-0.25, -0.2) is 9.13 Å². The van der Waals surface area contributed by atoms with E-state index in [-0.39, 0.29) is 11.8 Å². The van der Waals surface area contributed by atoms with Crippen LogP contribution >= 0.6 is 0 Å². The summed E-state index contributed by atoms with van der Waals surface area (Å²) in [5, 5.41) is 14.5. The number of para-hydroxylation sites is 2. The molecule has 5 heteroatoms. The summed E-state index contributed by atoms with van der Waals surface area (Å²) in [6.45, 7) is 5.03. The molecule has 190 valence electrons. The first-order valence-electron chi connectivity index (χ1n) is 13.1. The normalized spacial score (nSPS) is 15.9. The van der Waals surface area contributed by atoms with Gasteiger partial charge in [-0.05, 0) is 39.9 Å². The summed E-state index contributed by atoms with van der Waals surface area (Å²) in [6.07, 6.45) is 6.49. The number of carboxylic acids is 1. The zero-order chi connectivity index (χ0) is 26.6. The van der Waals surface area contributed by atoms with Gasteiger partial charge in [-0.1, -0.05) is 80.6 Å². The fourth-order valence-electron chi connectivity index (χ4n) is 6.37. The summed E-state index contributed by atoms with van der Waals surface area (Å²) in [7, 11) is 4.20. The summed E-state index contributed by atoms with van der Waals surface area (Å²) >= 11 is 0. The lowest BCUT2D eigenvalue weighted by molar-refractivity contribution is -0.647. The Hall–Kier alpha value is -4.38. The second kappa shape index (κ2) is 8.88. The standard InChI is InChI=1S/C33H31N3O2/c1-33(2)28(18-11-19-29-34(3)26-16-9-10-17-27(26)36(29)21-20-30(37)38)35(4)32-25-15-8-6-13-23(25)22-12-5-7-14-24(22)31(32)33/h5-19H,20-21H2,1-4H3/p+1. The zero-order valence-electron chi connectivity index (χ0n) is 22.3. The molecule has 0 fully saturated rings. The van der Waals surface area contributed by atoms with E-state index in [0.717, 1.165) is 16.9 Å². The molecule has 0 radical (unpaired) electrons. The molecule has 1 N–H and O–H groups in total. The van der Waals surface area contributed by atoms with Crippen LogP contribution in [0, 0.1) is 0 Å². The average Bonchev–Trinajstić information content (AvgIpc) is 3.30. The van der Waals surface area contributed by atoms with E-state index in [1.807, 2.05) is 25.2 Å². The van der Waals surface area contributed by atoms with Crippen LogP contribution in [0.25, 0.3) is 38.7 Å². The highest BCUT2D eigenvalue weighted by Gasteiger charge is 2.41. The van der Waals surface area contributed by atoms with Crippen LogP contribution in [0.3, 0.4) is 0 Å². The maximum absolute atomic E-state index is 11.4. The predicted octanol–water partition coefficient (Wildman–Crippen LogP) is 6.57. The van der Waals surface area contributed by atoms with Crippen LogP contribution in [0.15, 0.2) is 90.6 Å². The van der Waals surface area contributed by atoms with Gasteiger partial charge in [0, 0.05) is 29.6 Å². The molecule has 0 bridgehead atoms. The smallest absolute Gasteiger partial charge is 0.307 e. The van der Waals surface area contributed by atoms with Gasteiger partial charge in [0.25, 0.3) is 5.82 Å². The highest BCUT2D eigenvalue weighted by atomic mass is 16.4. The minimum atomic E-state index is -0.797. The minimum Gasteiger partial charge on any atom is -0.481 e. The summed E-state index contributed by atoms with van der Waals surface area (Å²) in [6, 6.07) is 25.5. The third-order valence-corrected chi connectivity index (χ3v) is 8.07. The van der Waals surface area contributed by atoms with Crippen LogP contribution in [0.5, 0.6) is 0 Å². The van der Waals surface area contributed by atoms with Crippen LogP contribution in [-0.4, -0.2) is 22.7 Å². The number of carboxylic acid groups (broad SMARTS) is 1. The number of fused-ring (bicyclic) bond motifs is 7. The minimum absolute atomic E-state index is 0.0752. The molecular weight excluding hydrogens is 470 g/mol. The Morgan fingerprint density at radius 3 is 2.24 bits per heavy atom. The molecule has 0 saturated carbocycles. The molecule has 0 unspecified atom stereocenters. The lowest BCUT2D eigenvalue weighted by atomic mass is 9.80. The molecule has 1 aliphatic rings. The summed E-state index contributed by atoms with van der Waals surface area (Å²) in [5.74, 6) is 0.171. The topological polar surface area (TPSA) is 49.4 Å². The van der Waals surface area contributed by atoms with Crippen LogP contribution < -0.4 is 9.47 Å². The van der Waals surface area contributed by atoms with E-state index in [0.29, 0.717) is 6.54 Å². The fraction of sp³-hybridized carbons (Fsp3) is 0.212. The van der Waals surface area contributed by atoms with Crippen molar-refractivity contribution in [3.05, 3.63) is 102 Å². The molecule has 0 saturated heterocycles. The number of aromatic nitrogens is 2. The molecule has 6 rings (SSSR count). The first-order valence-corrected chi connectivity index (χ1v) is 13.1. The molecule has 5 aromatic rings. The number of rotatable bonds is 5. The Balaban J connectivity index is 1.49. The van der Waals surface area contributed by atoms with Gasteiger partial charge in [-0.15, -0.1) is 0 Å². The number of nitrogens with zero attached hydrogens (tertiary/aromatic N) is 3. The Labute approximate surface area is 222 Å². The van der Waals surface area contributed by atoms with Crippen LogP contribution in [0.2, 0.25) is 0 Å². The second-order valence-corrected chi connectivity index (χ2v) is 10.6. The number of aryl methyl sites for hydroxylation is 2. The molecule has 5 nitrogen and oxygen atoms in total. The van der Waals surface area contributed by atoms with E-state index in [1.54, 1.807) is 0 Å². The lowest BCUT2D eigenvalue weighted by Gasteiger charge is -2.24. The number of anilines is 1. The molecule has 0 amide bonds. The van der Waals surface area contributed by atoms with Crippen molar-refractivity contribution in [2.24, 2.45) is 7.05 Å². The van der Waals surface area contributed by atoms with E-state index in [2.05, 4.69) is 108 Å². The third-order valence-electron chi connectivity index (χ3n) is 8.07. The first kappa shape index (κ1) is 24.0. The van der Waals surface area contributed by atoms with Gasteiger partial charge in [-0.3, -0.25) is 4.79 Å². The molecule has 4 aromatic carbocycles. The number of carbonyl (C=O) groups is 1. The molecule has 38 heavy (non-hydrogen) atoms. The van der Waals surface area contributed by atoms with Crippen LogP contribution in [0.1, 0.15) is 31.7 Å². The van der Waals surface area contributed by atoms with Gasteiger partial charge in [0.15, 0.2) is 11.0 Å². The number of aliphatic carboxylic acids is 1. The number of benzene rings is 4. The van der Waals surface area contributed by atoms with Crippen molar-refractivity contribution in [2.45, 2.75) is 32.2 Å². The van der Waals surface area contributed by atoms with E-state index < -0.39 is 5.97 Å². The highest BCUT2D eigenvalue weighted by molar-refractivity contribution is 6.17. The first-order chi connectivity index (χ1) is 18.3. The quantitative estimate of drug-likeness (QED) is 0.218. The van der Waals surface area contributed by atoms with Gasteiger partial charge in [-0.2, -0.15) is 0 Å². The van der Waals surface area contributed by atoms with Crippen molar-refractivity contribution in [1.29, 1.82) is 0 Å². The molecule has 0 atom stereocenters. The lowest BCUT2D eigenvalue weighted by Crippen LogP contribution is -2.31. The summed E-state index contributed by atoms with van der Waals surface area (Å²) in [4.78, 5) is 13.7.